The SMILES string of the molecule is C[C@@]1(c2cccc(-n3cnnn3)c2)NC(=O)N(CC(=O)Nc2cccc3ccccc23)C1=O. The molecule has 3 aromatic carbocycles. The number of fused-ring (bicyclic) bond motifs is 1. The van der Waals surface area contributed by atoms with Crippen LogP contribution < -0.4 is 10.6 Å². The molecule has 1 aromatic heterocycles. The Kier molecular flexibility index (Phi) is 4.82. The van der Waals surface area contributed by atoms with Crippen molar-refractivity contribution in [2.24, 2.45) is 0 Å². The number of carbonyl (C=O) groups is 3. The molecule has 4 aromatic rings. The van der Waals surface area contributed by atoms with E-state index in [9.17, 15) is 14.4 Å². The van der Waals surface area contributed by atoms with Crippen LogP contribution in [0.3, 0.4) is 0 Å². The number of urea groups is 1. The number of carbonyl (C=O) groups excluding carboxylic acids is 3. The maximum absolute atomic E-state index is 13.3. The van der Waals surface area contributed by atoms with Crippen molar-refractivity contribution in [2.75, 3.05) is 11.9 Å². The summed E-state index contributed by atoms with van der Waals surface area (Å²) < 4.78 is 1.45. The summed E-state index contributed by atoms with van der Waals surface area (Å²) in [7, 11) is 0. The lowest BCUT2D eigenvalue weighted by Gasteiger charge is -2.22. The Hall–Kier alpha value is -4.60. The van der Waals surface area contributed by atoms with Gasteiger partial charge in [0.2, 0.25) is 5.91 Å². The fraction of sp³-hybridized carbons (Fsp3) is 0.130. The molecular weight excluding hydrogens is 422 g/mol. The Labute approximate surface area is 188 Å². The Morgan fingerprint density at radius 2 is 1.85 bits per heavy atom. The quantitative estimate of drug-likeness (QED) is 0.458. The van der Waals surface area contributed by atoms with Crippen LogP contribution in [0.15, 0.2) is 73.1 Å². The zero-order chi connectivity index (χ0) is 23.0. The number of tetrazole rings is 1. The van der Waals surface area contributed by atoms with E-state index in [1.807, 2.05) is 36.4 Å². The summed E-state index contributed by atoms with van der Waals surface area (Å²) in [6.45, 7) is 1.20. The third-order valence-corrected chi connectivity index (χ3v) is 5.68. The van der Waals surface area contributed by atoms with Crippen LogP contribution in [-0.4, -0.2) is 49.5 Å². The van der Waals surface area contributed by atoms with Crippen LogP contribution >= 0.6 is 0 Å². The highest BCUT2D eigenvalue weighted by Crippen LogP contribution is 2.30. The van der Waals surface area contributed by atoms with Gasteiger partial charge in [-0.1, -0.05) is 48.5 Å². The monoisotopic (exact) mass is 441 g/mol. The van der Waals surface area contributed by atoms with Crippen molar-refractivity contribution in [1.29, 1.82) is 0 Å². The van der Waals surface area contributed by atoms with Crippen LogP contribution in [0.1, 0.15) is 12.5 Å². The van der Waals surface area contributed by atoms with E-state index in [1.54, 1.807) is 37.3 Å². The molecule has 0 unspecified atom stereocenters. The van der Waals surface area contributed by atoms with Crippen molar-refractivity contribution < 1.29 is 14.4 Å². The number of imide groups is 1. The molecule has 33 heavy (non-hydrogen) atoms. The van der Waals surface area contributed by atoms with Crippen LogP contribution in [0.2, 0.25) is 0 Å². The van der Waals surface area contributed by atoms with Gasteiger partial charge in [-0.05, 0) is 46.5 Å². The Bertz CT molecular complexity index is 1380. The first kappa shape index (κ1) is 20.3. The Balaban J connectivity index is 1.36. The second kappa shape index (κ2) is 7.83. The number of nitrogens with one attached hydrogen (secondary N) is 2. The third-order valence-electron chi connectivity index (χ3n) is 5.68. The zero-order valence-electron chi connectivity index (χ0n) is 17.6. The van der Waals surface area contributed by atoms with Crippen LogP contribution in [0.5, 0.6) is 0 Å². The first-order valence-corrected chi connectivity index (χ1v) is 10.2. The predicted octanol–water partition coefficient (Wildman–Crippen LogP) is 2.22. The first-order chi connectivity index (χ1) is 16.0. The van der Waals surface area contributed by atoms with E-state index in [0.29, 0.717) is 16.9 Å². The summed E-state index contributed by atoms with van der Waals surface area (Å²) in [5.41, 5.74) is 0.460. The van der Waals surface area contributed by atoms with E-state index in [1.165, 1.54) is 11.0 Å². The maximum atomic E-state index is 13.3. The second-order valence-electron chi connectivity index (χ2n) is 7.83. The molecular formula is C23H19N7O3. The number of hydrogen-bond acceptors (Lipinski definition) is 6. The number of amides is 4. The molecule has 0 aliphatic carbocycles. The van der Waals surface area contributed by atoms with Crippen molar-refractivity contribution in [1.82, 2.24) is 30.4 Å². The van der Waals surface area contributed by atoms with Crippen molar-refractivity contribution in [3.8, 4) is 5.69 Å². The second-order valence-corrected chi connectivity index (χ2v) is 7.83. The highest BCUT2D eigenvalue weighted by atomic mass is 16.2. The topological polar surface area (TPSA) is 122 Å². The van der Waals surface area contributed by atoms with Crippen molar-refractivity contribution in [3.05, 3.63) is 78.6 Å². The van der Waals surface area contributed by atoms with E-state index in [0.717, 1.165) is 15.7 Å². The van der Waals surface area contributed by atoms with Gasteiger partial charge in [0, 0.05) is 11.1 Å². The molecule has 0 radical (unpaired) electrons. The largest absolute Gasteiger partial charge is 0.325 e. The van der Waals surface area contributed by atoms with E-state index in [2.05, 4.69) is 26.2 Å². The molecule has 164 valence electrons. The van der Waals surface area contributed by atoms with Crippen LogP contribution in [-0.2, 0) is 15.1 Å². The van der Waals surface area contributed by atoms with E-state index in [4.69, 9.17) is 0 Å². The van der Waals surface area contributed by atoms with Gasteiger partial charge in [-0.25, -0.2) is 9.48 Å². The summed E-state index contributed by atoms with van der Waals surface area (Å²) in [6, 6.07) is 19.5. The number of benzene rings is 3. The summed E-state index contributed by atoms with van der Waals surface area (Å²) in [5.74, 6) is -0.990. The molecule has 1 atom stereocenters. The van der Waals surface area contributed by atoms with Crippen molar-refractivity contribution in [3.63, 3.8) is 0 Å². The minimum atomic E-state index is -1.33. The molecule has 1 aliphatic heterocycles. The van der Waals surface area contributed by atoms with Gasteiger partial charge in [0.25, 0.3) is 5.91 Å². The van der Waals surface area contributed by atoms with Gasteiger partial charge in [-0.2, -0.15) is 0 Å². The molecule has 2 N–H and O–H groups in total. The van der Waals surface area contributed by atoms with Gasteiger partial charge < -0.3 is 10.6 Å². The average molecular weight is 441 g/mol. The van der Waals surface area contributed by atoms with E-state index < -0.39 is 29.9 Å². The standard InChI is InChI=1S/C23H19N7O3/c1-23(16-8-5-9-17(12-16)30-14-24-27-28-30)21(32)29(22(33)26-23)13-20(31)25-19-11-4-7-15-6-2-3-10-18(15)19/h2-12,14H,13H2,1H3,(H,25,31)(H,26,33)/t23-/m0/s1. The Morgan fingerprint density at radius 3 is 2.67 bits per heavy atom. The molecule has 0 saturated carbocycles. The molecule has 0 bridgehead atoms. The lowest BCUT2D eigenvalue weighted by molar-refractivity contribution is -0.133. The first-order valence-electron chi connectivity index (χ1n) is 10.2. The van der Waals surface area contributed by atoms with Crippen LogP contribution in [0, 0.1) is 0 Å². The minimum Gasteiger partial charge on any atom is -0.324 e. The molecule has 2 heterocycles. The molecule has 5 rings (SSSR count). The van der Waals surface area contributed by atoms with Crippen molar-refractivity contribution in [2.45, 2.75) is 12.5 Å². The summed E-state index contributed by atoms with van der Waals surface area (Å²) >= 11 is 0. The van der Waals surface area contributed by atoms with Gasteiger partial charge in [-0.3, -0.25) is 14.5 Å². The lowest BCUT2D eigenvalue weighted by Crippen LogP contribution is -2.42. The van der Waals surface area contributed by atoms with Gasteiger partial charge in [0.1, 0.15) is 18.4 Å². The summed E-state index contributed by atoms with van der Waals surface area (Å²) in [4.78, 5) is 39.6. The number of anilines is 1. The maximum Gasteiger partial charge on any atom is 0.325 e. The molecule has 0 spiro atoms. The highest BCUT2D eigenvalue weighted by molar-refractivity contribution is 6.11. The number of rotatable bonds is 5. The molecule has 1 aliphatic rings. The van der Waals surface area contributed by atoms with E-state index >= 15 is 0 Å². The fourth-order valence-corrected chi connectivity index (χ4v) is 3.94. The van der Waals surface area contributed by atoms with Crippen molar-refractivity contribution >= 4 is 34.3 Å². The molecule has 10 nitrogen and oxygen atoms in total. The zero-order valence-corrected chi connectivity index (χ0v) is 17.6. The van der Waals surface area contributed by atoms with Gasteiger partial charge in [0.15, 0.2) is 0 Å². The van der Waals surface area contributed by atoms with Crippen LogP contribution in [0.25, 0.3) is 16.5 Å². The molecule has 10 heteroatoms. The van der Waals surface area contributed by atoms with Crippen LogP contribution in [0.4, 0.5) is 10.5 Å². The normalized spacial score (nSPS) is 17.9. The van der Waals surface area contributed by atoms with Gasteiger partial charge >= 0.3 is 6.03 Å². The fourth-order valence-electron chi connectivity index (χ4n) is 3.94. The number of aromatic nitrogens is 4. The van der Waals surface area contributed by atoms with E-state index in [-0.39, 0.29) is 0 Å². The average Bonchev–Trinajstić information content (AvgIpc) is 3.44. The molecule has 4 amide bonds. The number of nitrogens with zero attached hydrogens (tertiary/aromatic N) is 5. The minimum absolute atomic E-state index is 0.407. The van der Waals surface area contributed by atoms with Gasteiger partial charge in [-0.15, -0.1) is 5.10 Å². The third kappa shape index (κ3) is 3.57. The number of hydrogen-bond donors (Lipinski definition) is 2. The summed E-state index contributed by atoms with van der Waals surface area (Å²) in [5, 5.41) is 18.4. The smallest absolute Gasteiger partial charge is 0.324 e. The predicted molar refractivity (Wildman–Crippen MR) is 119 cm³/mol. The molecule has 1 fully saturated rings. The lowest BCUT2D eigenvalue weighted by atomic mass is 9.91. The summed E-state index contributed by atoms with van der Waals surface area (Å²) in [6.07, 6.45) is 1.43. The highest BCUT2D eigenvalue weighted by Gasteiger charge is 2.49. The molecule has 1 saturated heterocycles. The van der Waals surface area contributed by atoms with Gasteiger partial charge in [0.05, 0.1) is 5.69 Å². The Morgan fingerprint density at radius 1 is 1.06 bits per heavy atom.